The number of hydrogen-bond acceptors (Lipinski definition) is 5. The van der Waals surface area contributed by atoms with E-state index in [-0.39, 0.29) is 29.5 Å². The van der Waals surface area contributed by atoms with Crippen molar-refractivity contribution in [3.63, 3.8) is 0 Å². The molecule has 0 aliphatic carbocycles. The van der Waals surface area contributed by atoms with Crippen molar-refractivity contribution in [3.8, 4) is 18.2 Å². The molecule has 4 rings (SSSR count). The number of benzene rings is 1. The highest BCUT2D eigenvalue weighted by atomic mass is 32.1. The first-order valence-corrected chi connectivity index (χ1v) is 7.61. The van der Waals surface area contributed by atoms with Crippen LogP contribution in [0.2, 0.25) is 0 Å². The van der Waals surface area contributed by atoms with E-state index in [1.807, 2.05) is 18.4 Å². The second-order valence-corrected chi connectivity index (χ2v) is 6.44. The van der Waals surface area contributed by atoms with E-state index in [9.17, 15) is 9.18 Å². The van der Waals surface area contributed by atoms with Gasteiger partial charge >= 0.3 is 0 Å². The lowest BCUT2D eigenvalue weighted by Crippen LogP contribution is -2.35. The Morgan fingerprint density at radius 3 is 2.96 bits per heavy atom. The number of anilines is 1. The van der Waals surface area contributed by atoms with E-state index in [1.54, 1.807) is 0 Å². The van der Waals surface area contributed by atoms with Crippen LogP contribution in [0, 0.1) is 18.3 Å². The van der Waals surface area contributed by atoms with Crippen LogP contribution in [0.1, 0.15) is 19.7 Å². The maximum atomic E-state index is 14.3. The van der Waals surface area contributed by atoms with Gasteiger partial charge in [0.1, 0.15) is 22.7 Å². The summed E-state index contributed by atoms with van der Waals surface area (Å²) in [6.45, 7) is 3.81. The molecule has 2 aliphatic rings. The van der Waals surface area contributed by atoms with E-state index in [1.165, 1.54) is 23.7 Å². The maximum absolute atomic E-state index is 14.3. The molecule has 0 radical (unpaired) electrons. The van der Waals surface area contributed by atoms with Gasteiger partial charge in [-0.15, -0.1) is 0 Å². The molecule has 3 heterocycles. The standard InChI is InChI=1S/C15H11FN4O2S/c1-4-19-10-6-9(8(16)5-11(10)22-7-12(19)21)17-14-20-13(18-23-14)15(20,2)3/h1,5-6H,7H2,2-3H3. The summed E-state index contributed by atoms with van der Waals surface area (Å²) in [6.07, 6.45) is 5.36. The third-order valence-electron chi connectivity index (χ3n) is 3.89. The van der Waals surface area contributed by atoms with Crippen molar-refractivity contribution in [2.45, 2.75) is 19.4 Å². The summed E-state index contributed by atoms with van der Waals surface area (Å²) in [5.74, 6) is 0.227. The lowest BCUT2D eigenvalue weighted by Gasteiger charge is -2.24. The zero-order valence-electron chi connectivity index (χ0n) is 12.3. The Hall–Kier alpha value is -2.66. The fourth-order valence-corrected chi connectivity index (χ4v) is 3.58. The van der Waals surface area contributed by atoms with Crippen LogP contribution in [-0.4, -0.2) is 21.5 Å². The molecular formula is C15H11FN4O2S. The van der Waals surface area contributed by atoms with Gasteiger partial charge in [0.2, 0.25) is 4.80 Å². The molecule has 0 saturated heterocycles. The van der Waals surface area contributed by atoms with Crippen LogP contribution in [0.15, 0.2) is 17.1 Å². The first-order chi connectivity index (χ1) is 10.9. The Kier molecular flexibility index (Phi) is 2.69. The van der Waals surface area contributed by atoms with Gasteiger partial charge in [-0.1, -0.05) is 6.42 Å². The molecule has 0 unspecified atom stereocenters. The molecule has 1 amide bonds. The van der Waals surface area contributed by atoms with E-state index in [0.29, 0.717) is 10.5 Å². The van der Waals surface area contributed by atoms with Crippen LogP contribution in [0.3, 0.4) is 0 Å². The first-order valence-electron chi connectivity index (χ1n) is 6.83. The van der Waals surface area contributed by atoms with Crippen molar-refractivity contribution in [3.05, 3.63) is 28.6 Å². The number of ether oxygens (including phenoxy) is 1. The molecule has 8 heteroatoms. The Balaban J connectivity index is 1.86. The summed E-state index contributed by atoms with van der Waals surface area (Å²) < 4.78 is 25.7. The Bertz CT molecular complexity index is 967. The summed E-state index contributed by atoms with van der Waals surface area (Å²) >= 11 is 1.20. The largest absolute Gasteiger partial charge is 0.481 e. The Labute approximate surface area is 135 Å². The van der Waals surface area contributed by atoms with Gasteiger partial charge in [0.25, 0.3) is 5.91 Å². The summed E-state index contributed by atoms with van der Waals surface area (Å²) in [5.41, 5.74) is 0.237. The monoisotopic (exact) mass is 330 g/mol. The number of rotatable bonds is 1. The number of carbonyl (C=O) groups is 1. The Morgan fingerprint density at radius 1 is 1.52 bits per heavy atom. The van der Waals surface area contributed by atoms with Crippen LogP contribution in [-0.2, 0) is 10.3 Å². The predicted molar refractivity (Wildman–Crippen MR) is 82.0 cm³/mol. The molecule has 0 N–H and O–H groups in total. The second kappa shape index (κ2) is 4.43. The summed E-state index contributed by atoms with van der Waals surface area (Å²) in [5, 5.41) is 0. The molecule has 0 bridgehead atoms. The summed E-state index contributed by atoms with van der Waals surface area (Å²) in [6, 6.07) is 4.89. The van der Waals surface area contributed by atoms with Crippen LogP contribution < -0.4 is 14.4 Å². The second-order valence-electron chi connectivity index (χ2n) is 5.71. The molecule has 0 saturated carbocycles. The van der Waals surface area contributed by atoms with Gasteiger partial charge < -0.3 is 4.74 Å². The lowest BCUT2D eigenvalue weighted by molar-refractivity contribution is -0.120. The van der Waals surface area contributed by atoms with Crippen molar-refractivity contribution in [2.24, 2.45) is 4.99 Å². The number of carbonyl (C=O) groups excluding carboxylic acids is 1. The van der Waals surface area contributed by atoms with Crippen LogP contribution >= 0.6 is 11.5 Å². The van der Waals surface area contributed by atoms with Crippen molar-refractivity contribution in [1.29, 1.82) is 0 Å². The van der Waals surface area contributed by atoms with E-state index >= 15 is 0 Å². The molecule has 6 nitrogen and oxygen atoms in total. The van der Waals surface area contributed by atoms with Crippen LogP contribution in [0.5, 0.6) is 5.75 Å². The van der Waals surface area contributed by atoms with Crippen molar-refractivity contribution in [2.75, 3.05) is 11.5 Å². The molecule has 1 aromatic carbocycles. The smallest absolute Gasteiger partial charge is 0.276 e. The third-order valence-corrected chi connectivity index (χ3v) is 4.59. The molecule has 1 aromatic heterocycles. The number of halogens is 1. The number of nitrogens with zero attached hydrogens (tertiary/aromatic N) is 4. The highest BCUT2D eigenvalue weighted by Gasteiger charge is 2.45. The average molecular weight is 330 g/mol. The van der Waals surface area contributed by atoms with Gasteiger partial charge in [-0.05, 0) is 19.9 Å². The van der Waals surface area contributed by atoms with Crippen molar-refractivity contribution >= 4 is 28.8 Å². The minimum absolute atomic E-state index is 0.0870. The number of fused-ring (bicyclic) bond motifs is 2. The molecule has 0 atom stereocenters. The van der Waals surface area contributed by atoms with Crippen LogP contribution in [0.4, 0.5) is 15.8 Å². The minimum Gasteiger partial charge on any atom is -0.481 e. The highest BCUT2D eigenvalue weighted by Crippen LogP contribution is 2.39. The fraction of sp³-hybridized carbons (Fsp3) is 0.267. The SMILES string of the molecule is C#CN1C(=O)COc2cc(F)c(N=c3snc4n3C4(C)C)cc21. The van der Waals surface area contributed by atoms with Gasteiger partial charge in [-0.25, -0.2) is 14.3 Å². The normalized spacial score (nSPS) is 18.1. The molecule has 116 valence electrons. The summed E-state index contributed by atoms with van der Waals surface area (Å²) in [4.78, 5) is 17.8. The van der Waals surface area contributed by atoms with E-state index < -0.39 is 5.82 Å². The molecule has 2 aromatic rings. The number of aromatic nitrogens is 2. The maximum Gasteiger partial charge on any atom is 0.276 e. The quantitative estimate of drug-likeness (QED) is 0.748. The minimum atomic E-state index is -0.545. The molecule has 0 fully saturated rings. The predicted octanol–water partition coefficient (Wildman–Crippen LogP) is 1.73. The average Bonchev–Trinajstić information content (AvgIpc) is 2.84. The van der Waals surface area contributed by atoms with E-state index in [4.69, 9.17) is 11.2 Å². The summed E-state index contributed by atoms with van der Waals surface area (Å²) in [7, 11) is 0. The van der Waals surface area contributed by atoms with Crippen molar-refractivity contribution < 1.29 is 13.9 Å². The first kappa shape index (κ1) is 14.0. The molecular weight excluding hydrogens is 319 g/mol. The van der Waals surface area contributed by atoms with E-state index in [0.717, 1.165) is 10.7 Å². The van der Waals surface area contributed by atoms with Crippen molar-refractivity contribution in [1.82, 2.24) is 8.94 Å². The van der Waals surface area contributed by atoms with Gasteiger partial charge in [0, 0.05) is 23.6 Å². The lowest BCUT2D eigenvalue weighted by atomic mass is 10.2. The number of terminal acetylenes is 1. The van der Waals surface area contributed by atoms with Crippen LogP contribution in [0.25, 0.3) is 0 Å². The van der Waals surface area contributed by atoms with E-state index in [2.05, 4.69) is 15.4 Å². The molecule has 2 aliphatic heterocycles. The molecule has 23 heavy (non-hydrogen) atoms. The van der Waals surface area contributed by atoms with Gasteiger partial charge in [-0.3, -0.25) is 9.36 Å². The van der Waals surface area contributed by atoms with Gasteiger partial charge in [0.05, 0.1) is 0 Å². The Morgan fingerprint density at radius 2 is 2.30 bits per heavy atom. The van der Waals surface area contributed by atoms with Gasteiger partial charge in [0.15, 0.2) is 18.2 Å². The number of amides is 1. The highest BCUT2D eigenvalue weighted by molar-refractivity contribution is 7.03. The third kappa shape index (κ3) is 1.90. The zero-order valence-corrected chi connectivity index (χ0v) is 13.1. The fourth-order valence-electron chi connectivity index (χ4n) is 2.57. The topological polar surface area (TPSA) is 59.7 Å². The molecule has 0 spiro atoms. The zero-order chi connectivity index (χ0) is 16.4. The number of hydrogen-bond donors (Lipinski definition) is 0. The van der Waals surface area contributed by atoms with Gasteiger partial charge in [-0.2, -0.15) is 4.37 Å².